The van der Waals surface area contributed by atoms with Crippen LogP contribution in [0.2, 0.25) is 0 Å². The average Bonchev–Trinajstić information content (AvgIpc) is 2.41. The number of nitrogens with zero attached hydrogens (tertiary/aromatic N) is 1. The van der Waals surface area contributed by atoms with Crippen LogP contribution in [0.25, 0.3) is 0 Å². The van der Waals surface area contributed by atoms with Crippen LogP contribution in [0.1, 0.15) is 11.1 Å². The van der Waals surface area contributed by atoms with Gasteiger partial charge in [0.2, 0.25) is 0 Å². The number of amides is 1. The number of anilines is 2. The molecule has 5 nitrogen and oxygen atoms in total. The van der Waals surface area contributed by atoms with Crippen LogP contribution >= 0.6 is 0 Å². The molecule has 1 aromatic rings. The van der Waals surface area contributed by atoms with Crippen LogP contribution < -0.4 is 20.3 Å². The Labute approximate surface area is 112 Å². The summed E-state index contributed by atoms with van der Waals surface area (Å²) in [5, 5.41) is 6.29. The van der Waals surface area contributed by atoms with Gasteiger partial charge in [-0.3, -0.25) is 4.79 Å². The van der Waals surface area contributed by atoms with E-state index in [4.69, 9.17) is 4.74 Å². The Bertz CT molecular complexity index is 522. The predicted octanol–water partition coefficient (Wildman–Crippen LogP) is 1.04. The fourth-order valence-corrected chi connectivity index (χ4v) is 2.90. The number of rotatable bonds is 1. The number of aryl methyl sites for hydroxylation is 1. The fourth-order valence-electron chi connectivity index (χ4n) is 2.90. The number of hydrogen-bond acceptors (Lipinski definition) is 4. The first-order valence-electron chi connectivity index (χ1n) is 6.69. The second-order valence-corrected chi connectivity index (χ2v) is 5.11. The molecule has 2 aliphatic rings. The summed E-state index contributed by atoms with van der Waals surface area (Å²) in [6.45, 7) is 8.25. The first-order valence-corrected chi connectivity index (χ1v) is 6.69. The largest absolute Gasteiger partial charge is 0.482 e. The smallest absolute Gasteiger partial charge is 0.262 e. The van der Waals surface area contributed by atoms with E-state index in [9.17, 15) is 4.79 Å². The second-order valence-electron chi connectivity index (χ2n) is 5.11. The molecule has 2 N–H and O–H groups in total. The molecule has 1 aromatic carbocycles. The molecule has 1 fully saturated rings. The number of ether oxygens (including phenoxy) is 1. The predicted molar refractivity (Wildman–Crippen MR) is 75.1 cm³/mol. The van der Waals surface area contributed by atoms with Crippen molar-refractivity contribution >= 4 is 17.3 Å². The van der Waals surface area contributed by atoms with Crippen LogP contribution in [0.15, 0.2) is 6.07 Å². The van der Waals surface area contributed by atoms with Crippen molar-refractivity contribution in [3.05, 3.63) is 17.2 Å². The molecule has 0 spiro atoms. The summed E-state index contributed by atoms with van der Waals surface area (Å²) in [5.74, 6) is 0.708. The Balaban J connectivity index is 2.04. The van der Waals surface area contributed by atoms with E-state index < -0.39 is 0 Å². The SMILES string of the molecule is Cc1cc2c(c(C)c1N1CCNCC1)NC(=O)CO2. The standard InChI is InChI=1S/C14H19N3O2/c1-9-7-11-13(16-12(18)8-19-11)10(2)14(9)17-5-3-15-4-6-17/h7,15H,3-6,8H2,1-2H3,(H,16,18). The molecule has 3 rings (SSSR count). The summed E-state index contributed by atoms with van der Waals surface area (Å²) in [5.41, 5.74) is 4.36. The molecule has 0 saturated carbocycles. The highest BCUT2D eigenvalue weighted by Gasteiger charge is 2.24. The summed E-state index contributed by atoms with van der Waals surface area (Å²) in [4.78, 5) is 13.9. The van der Waals surface area contributed by atoms with E-state index in [1.807, 2.05) is 6.07 Å². The van der Waals surface area contributed by atoms with Crippen LogP contribution in [0, 0.1) is 13.8 Å². The van der Waals surface area contributed by atoms with Crippen molar-refractivity contribution in [3.8, 4) is 5.75 Å². The molecule has 2 heterocycles. The third kappa shape index (κ3) is 2.14. The Morgan fingerprint density at radius 1 is 1.26 bits per heavy atom. The number of carbonyl (C=O) groups excluding carboxylic acids is 1. The molecule has 0 aromatic heterocycles. The Kier molecular flexibility index (Phi) is 3.06. The number of benzene rings is 1. The van der Waals surface area contributed by atoms with Gasteiger partial charge in [0.15, 0.2) is 6.61 Å². The quantitative estimate of drug-likeness (QED) is 0.793. The first kappa shape index (κ1) is 12.3. The lowest BCUT2D eigenvalue weighted by Gasteiger charge is -2.34. The van der Waals surface area contributed by atoms with Crippen LogP contribution in [0.5, 0.6) is 5.75 Å². The minimum Gasteiger partial charge on any atom is -0.482 e. The molecular formula is C14H19N3O2. The lowest BCUT2D eigenvalue weighted by Crippen LogP contribution is -2.44. The molecule has 2 aliphatic heterocycles. The Morgan fingerprint density at radius 2 is 2.00 bits per heavy atom. The van der Waals surface area contributed by atoms with E-state index in [0.29, 0.717) is 0 Å². The number of hydrogen-bond donors (Lipinski definition) is 2. The van der Waals surface area contributed by atoms with Gasteiger partial charge in [-0.15, -0.1) is 0 Å². The fraction of sp³-hybridized carbons (Fsp3) is 0.500. The van der Waals surface area contributed by atoms with Crippen molar-refractivity contribution in [2.75, 3.05) is 43.0 Å². The van der Waals surface area contributed by atoms with E-state index in [2.05, 4.69) is 29.4 Å². The van der Waals surface area contributed by atoms with Crippen molar-refractivity contribution in [1.29, 1.82) is 0 Å². The van der Waals surface area contributed by atoms with Crippen molar-refractivity contribution in [2.45, 2.75) is 13.8 Å². The number of piperazine rings is 1. The monoisotopic (exact) mass is 261 g/mol. The molecule has 0 atom stereocenters. The number of carbonyl (C=O) groups is 1. The van der Waals surface area contributed by atoms with E-state index in [1.165, 1.54) is 11.3 Å². The van der Waals surface area contributed by atoms with Gasteiger partial charge in [0, 0.05) is 31.9 Å². The van der Waals surface area contributed by atoms with Gasteiger partial charge in [-0.2, -0.15) is 0 Å². The Hall–Kier alpha value is -1.75. The molecule has 102 valence electrons. The van der Waals surface area contributed by atoms with E-state index >= 15 is 0 Å². The topological polar surface area (TPSA) is 53.6 Å². The minimum absolute atomic E-state index is 0.0780. The summed E-state index contributed by atoms with van der Waals surface area (Å²) in [6.07, 6.45) is 0. The van der Waals surface area contributed by atoms with Gasteiger partial charge in [0.05, 0.1) is 5.69 Å². The van der Waals surface area contributed by atoms with Gasteiger partial charge in [-0.1, -0.05) is 0 Å². The molecule has 0 bridgehead atoms. The highest BCUT2D eigenvalue weighted by atomic mass is 16.5. The van der Waals surface area contributed by atoms with Gasteiger partial charge >= 0.3 is 0 Å². The summed E-state index contributed by atoms with van der Waals surface area (Å²) >= 11 is 0. The Morgan fingerprint density at radius 3 is 2.74 bits per heavy atom. The highest BCUT2D eigenvalue weighted by molar-refractivity contribution is 5.97. The second kappa shape index (κ2) is 4.74. The average molecular weight is 261 g/mol. The summed E-state index contributed by atoms with van der Waals surface area (Å²) in [7, 11) is 0. The van der Waals surface area contributed by atoms with Crippen molar-refractivity contribution in [2.24, 2.45) is 0 Å². The third-order valence-corrected chi connectivity index (χ3v) is 3.75. The maximum Gasteiger partial charge on any atom is 0.262 e. The minimum atomic E-state index is -0.0780. The van der Waals surface area contributed by atoms with Crippen molar-refractivity contribution in [1.82, 2.24) is 5.32 Å². The molecule has 0 aliphatic carbocycles. The maximum atomic E-state index is 11.5. The van der Waals surface area contributed by atoms with Crippen LogP contribution in [0.4, 0.5) is 11.4 Å². The molecular weight excluding hydrogens is 242 g/mol. The normalized spacial score (nSPS) is 18.6. The van der Waals surface area contributed by atoms with Crippen LogP contribution in [-0.2, 0) is 4.79 Å². The van der Waals surface area contributed by atoms with Crippen molar-refractivity contribution < 1.29 is 9.53 Å². The third-order valence-electron chi connectivity index (χ3n) is 3.75. The van der Waals surface area contributed by atoms with Gasteiger partial charge in [-0.25, -0.2) is 0 Å². The molecule has 0 radical (unpaired) electrons. The first-order chi connectivity index (χ1) is 9.16. The molecule has 19 heavy (non-hydrogen) atoms. The van der Waals surface area contributed by atoms with E-state index in [0.717, 1.165) is 43.2 Å². The number of nitrogens with one attached hydrogen (secondary N) is 2. The van der Waals surface area contributed by atoms with Gasteiger partial charge in [-0.05, 0) is 31.0 Å². The highest BCUT2D eigenvalue weighted by Crippen LogP contribution is 2.39. The van der Waals surface area contributed by atoms with E-state index in [-0.39, 0.29) is 12.5 Å². The van der Waals surface area contributed by atoms with E-state index in [1.54, 1.807) is 0 Å². The van der Waals surface area contributed by atoms with Crippen molar-refractivity contribution in [3.63, 3.8) is 0 Å². The maximum absolute atomic E-state index is 11.5. The van der Waals surface area contributed by atoms with Crippen LogP contribution in [-0.4, -0.2) is 38.7 Å². The lowest BCUT2D eigenvalue weighted by molar-refractivity contribution is -0.118. The van der Waals surface area contributed by atoms with Gasteiger partial charge < -0.3 is 20.3 Å². The van der Waals surface area contributed by atoms with Crippen LogP contribution in [0.3, 0.4) is 0 Å². The molecule has 5 heteroatoms. The summed E-state index contributed by atoms with van der Waals surface area (Å²) < 4.78 is 5.50. The van der Waals surface area contributed by atoms with Gasteiger partial charge in [0.25, 0.3) is 5.91 Å². The molecule has 1 saturated heterocycles. The molecule has 1 amide bonds. The zero-order valence-electron chi connectivity index (χ0n) is 11.4. The van der Waals surface area contributed by atoms with Gasteiger partial charge in [0.1, 0.15) is 5.75 Å². The molecule has 0 unspecified atom stereocenters. The lowest BCUT2D eigenvalue weighted by atomic mass is 10.0. The zero-order valence-corrected chi connectivity index (χ0v) is 11.4. The summed E-state index contributed by atoms with van der Waals surface area (Å²) in [6, 6.07) is 2.03. The number of fused-ring (bicyclic) bond motifs is 1. The zero-order chi connectivity index (χ0) is 13.4.